The molecule has 0 amide bonds. The molecule has 0 saturated heterocycles. The summed E-state index contributed by atoms with van der Waals surface area (Å²) < 4.78 is 58.9. The lowest BCUT2D eigenvalue weighted by atomic mass is 10.1. The highest BCUT2D eigenvalue weighted by atomic mass is 19.1. The summed E-state index contributed by atoms with van der Waals surface area (Å²) in [4.78, 5) is 12.3. The highest BCUT2D eigenvalue weighted by Gasteiger charge is 2.18. The van der Waals surface area contributed by atoms with E-state index >= 15 is 0 Å². The molecule has 0 aliphatic rings. The molecule has 0 radical (unpaired) electrons. The van der Waals surface area contributed by atoms with Crippen LogP contribution in [0.15, 0.2) is 61.1 Å². The lowest BCUT2D eigenvalue weighted by molar-refractivity contribution is 0.146. The van der Waals surface area contributed by atoms with Crippen LogP contribution in [0.25, 0.3) is 0 Å². The lowest BCUT2D eigenvalue weighted by Gasteiger charge is -2.15. The van der Waals surface area contributed by atoms with Crippen molar-refractivity contribution in [3.8, 4) is 11.5 Å². The maximum Gasteiger partial charge on any atom is 0.180 e. The van der Waals surface area contributed by atoms with E-state index in [0.717, 1.165) is 18.3 Å². The average molecular weight is 539 g/mol. The number of pyridine rings is 1. The second-order valence-electron chi connectivity index (χ2n) is 8.07. The second-order valence-corrected chi connectivity index (χ2v) is 8.07. The number of halogens is 3. The standard InChI is InChI=1S/C27H25F3N6O3/c1-37-9-10-39-16-11-19(28)18(20(29)12-16)13-33-22-6-4-3-5-17(22)25(31)27-34-15-24(38-2)26(36-27)35-23-7-8-32-14-21(23)30/h3-8,11-12,14-15,31,33H,9-10,13H2,1-2H3,(H,32,34,35,36). The molecule has 4 rings (SSSR count). The highest BCUT2D eigenvalue weighted by Crippen LogP contribution is 2.28. The predicted octanol–water partition coefficient (Wildman–Crippen LogP) is 5.09. The summed E-state index contributed by atoms with van der Waals surface area (Å²) in [5.74, 6) is -1.72. The molecule has 2 aromatic carbocycles. The Kier molecular flexibility index (Phi) is 8.90. The van der Waals surface area contributed by atoms with E-state index in [-0.39, 0.29) is 59.9 Å². The molecule has 2 aromatic heterocycles. The summed E-state index contributed by atoms with van der Waals surface area (Å²) in [6, 6.07) is 10.4. The molecule has 0 spiro atoms. The van der Waals surface area contributed by atoms with E-state index in [4.69, 9.17) is 19.6 Å². The van der Waals surface area contributed by atoms with Crippen molar-refractivity contribution in [2.75, 3.05) is 38.1 Å². The van der Waals surface area contributed by atoms with Crippen LogP contribution < -0.4 is 20.1 Å². The van der Waals surface area contributed by atoms with Crippen molar-refractivity contribution >= 4 is 22.9 Å². The van der Waals surface area contributed by atoms with Crippen molar-refractivity contribution in [3.63, 3.8) is 0 Å². The van der Waals surface area contributed by atoms with E-state index in [9.17, 15) is 13.2 Å². The van der Waals surface area contributed by atoms with E-state index in [2.05, 4.69) is 25.6 Å². The zero-order chi connectivity index (χ0) is 27.8. The smallest absolute Gasteiger partial charge is 0.180 e. The SMILES string of the molecule is COCCOc1cc(F)c(CNc2ccccc2C(=N)c2ncc(OC)c(Nc3ccncc3F)n2)c(F)c1. The fraction of sp³-hybridized carbons (Fsp3) is 0.185. The number of anilines is 3. The number of aromatic nitrogens is 3. The quantitative estimate of drug-likeness (QED) is 0.169. The second kappa shape index (κ2) is 12.7. The Morgan fingerprint density at radius 2 is 1.72 bits per heavy atom. The Morgan fingerprint density at radius 1 is 0.949 bits per heavy atom. The first-order valence-electron chi connectivity index (χ1n) is 11.7. The van der Waals surface area contributed by atoms with Crippen LogP contribution in [0.1, 0.15) is 17.0 Å². The van der Waals surface area contributed by atoms with Crippen molar-refractivity contribution in [2.24, 2.45) is 0 Å². The predicted molar refractivity (Wildman–Crippen MR) is 139 cm³/mol. The van der Waals surface area contributed by atoms with E-state index in [1.165, 1.54) is 32.7 Å². The maximum atomic E-state index is 14.7. The van der Waals surface area contributed by atoms with Crippen LogP contribution in [0.5, 0.6) is 11.5 Å². The largest absolute Gasteiger partial charge is 0.491 e. The third-order valence-corrected chi connectivity index (χ3v) is 5.55. The molecule has 0 atom stereocenters. The minimum atomic E-state index is -0.778. The fourth-order valence-electron chi connectivity index (χ4n) is 3.57. The van der Waals surface area contributed by atoms with Crippen LogP contribution >= 0.6 is 0 Å². The highest BCUT2D eigenvalue weighted by molar-refractivity contribution is 6.12. The molecule has 202 valence electrons. The number of ether oxygens (including phenoxy) is 3. The van der Waals surface area contributed by atoms with Crippen molar-refractivity contribution < 1.29 is 27.4 Å². The maximum absolute atomic E-state index is 14.7. The number of rotatable bonds is 12. The molecule has 0 unspecified atom stereocenters. The van der Waals surface area contributed by atoms with Gasteiger partial charge in [-0.25, -0.2) is 23.1 Å². The van der Waals surface area contributed by atoms with Gasteiger partial charge in [0.15, 0.2) is 23.2 Å². The molecule has 39 heavy (non-hydrogen) atoms. The number of hydrogen-bond donors (Lipinski definition) is 3. The number of nitrogens with zero attached hydrogens (tertiary/aromatic N) is 3. The van der Waals surface area contributed by atoms with Crippen LogP contribution in [-0.2, 0) is 11.3 Å². The molecule has 2 heterocycles. The zero-order valence-corrected chi connectivity index (χ0v) is 21.1. The number of methoxy groups -OCH3 is 2. The summed E-state index contributed by atoms with van der Waals surface area (Å²) in [7, 11) is 2.91. The van der Waals surface area contributed by atoms with Crippen molar-refractivity contribution in [3.05, 3.63) is 95.5 Å². The Morgan fingerprint density at radius 3 is 2.44 bits per heavy atom. The van der Waals surface area contributed by atoms with Crippen LogP contribution in [0.4, 0.5) is 30.4 Å². The third kappa shape index (κ3) is 6.60. The molecule has 4 aromatic rings. The number of nitrogens with one attached hydrogen (secondary N) is 3. The molecule has 0 bridgehead atoms. The number of hydrogen-bond acceptors (Lipinski definition) is 9. The van der Waals surface area contributed by atoms with Gasteiger partial charge in [-0.2, -0.15) is 0 Å². The summed E-state index contributed by atoms with van der Waals surface area (Å²) in [6.07, 6.45) is 3.82. The molecule has 0 aliphatic heterocycles. The molecule has 3 N–H and O–H groups in total. The van der Waals surface area contributed by atoms with Gasteiger partial charge in [-0.3, -0.25) is 10.4 Å². The molecule has 9 nitrogen and oxygen atoms in total. The van der Waals surface area contributed by atoms with Crippen molar-refractivity contribution in [1.29, 1.82) is 5.41 Å². The van der Waals surface area contributed by atoms with E-state index in [0.29, 0.717) is 11.3 Å². The van der Waals surface area contributed by atoms with Gasteiger partial charge in [-0.05, 0) is 12.1 Å². The van der Waals surface area contributed by atoms with E-state index in [1.54, 1.807) is 24.3 Å². The third-order valence-electron chi connectivity index (χ3n) is 5.55. The van der Waals surface area contributed by atoms with Crippen molar-refractivity contribution in [2.45, 2.75) is 6.54 Å². The summed E-state index contributed by atoms with van der Waals surface area (Å²) in [5, 5.41) is 14.6. The van der Waals surface area contributed by atoms with Gasteiger partial charge < -0.3 is 24.8 Å². The first-order valence-corrected chi connectivity index (χ1v) is 11.7. The number of benzene rings is 2. The van der Waals surface area contributed by atoms with Gasteiger partial charge >= 0.3 is 0 Å². The summed E-state index contributed by atoms with van der Waals surface area (Å²) in [5.41, 5.74) is 0.643. The van der Waals surface area contributed by atoms with E-state index < -0.39 is 17.5 Å². The van der Waals surface area contributed by atoms with Crippen LogP contribution in [-0.4, -0.2) is 48.1 Å². The van der Waals surface area contributed by atoms with Gasteiger partial charge in [-0.15, -0.1) is 0 Å². The normalized spacial score (nSPS) is 10.7. The van der Waals surface area contributed by atoms with Crippen LogP contribution in [0.3, 0.4) is 0 Å². The number of para-hydroxylation sites is 1. The van der Waals surface area contributed by atoms with Gasteiger partial charge in [-0.1, -0.05) is 18.2 Å². The Balaban J connectivity index is 1.55. The van der Waals surface area contributed by atoms with Crippen molar-refractivity contribution in [1.82, 2.24) is 15.0 Å². The summed E-state index contributed by atoms with van der Waals surface area (Å²) >= 11 is 0. The van der Waals surface area contributed by atoms with Gasteiger partial charge in [0.25, 0.3) is 0 Å². The Hall–Kier alpha value is -4.71. The van der Waals surface area contributed by atoms with E-state index in [1.807, 2.05) is 0 Å². The first kappa shape index (κ1) is 27.3. The Bertz CT molecular complexity index is 1450. The van der Waals surface area contributed by atoms with Crippen LogP contribution in [0.2, 0.25) is 0 Å². The molecule has 0 fully saturated rings. The fourth-order valence-corrected chi connectivity index (χ4v) is 3.57. The Labute approximate surface area is 222 Å². The summed E-state index contributed by atoms with van der Waals surface area (Å²) in [6.45, 7) is 0.244. The average Bonchev–Trinajstić information content (AvgIpc) is 2.94. The topological polar surface area (TPSA) is 114 Å². The zero-order valence-electron chi connectivity index (χ0n) is 21.1. The minimum absolute atomic E-state index is 0.0111. The molecular weight excluding hydrogens is 513 g/mol. The first-order chi connectivity index (χ1) is 18.9. The van der Waals surface area contributed by atoms with Gasteiger partial charge in [0.05, 0.1) is 31.8 Å². The molecule has 0 saturated carbocycles. The monoisotopic (exact) mass is 538 g/mol. The van der Waals surface area contributed by atoms with Gasteiger partial charge in [0, 0.05) is 48.8 Å². The molecule has 12 heteroatoms. The van der Waals surface area contributed by atoms with Crippen LogP contribution in [0, 0.1) is 22.9 Å². The van der Waals surface area contributed by atoms with Gasteiger partial charge in [0.1, 0.15) is 29.7 Å². The molecular formula is C27H25F3N6O3. The van der Waals surface area contributed by atoms with Gasteiger partial charge in [0.2, 0.25) is 0 Å². The lowest BCUT2D eigenvalue weighted by Crippen LogP contribution is -2.13. The minimum Gasteiger partial charge on any atom is -0.491 e. The molecule has 0 aliphatic carbocycles.